The van der Waals surface area contributed by atoms with Gasteiger partial charge in [0.2, 0.25) is 5.91 Å². The van der Waals surface area contributed by atoms with Crippen molar-refractivity contribution in [3.63, 3.8) is 0 Å². The van der Waals surface area contributed by atoms with Crippen LogP contribution in [0.2, 0.25) is 0 Å². The van der Waals surface area contributed by atoms with Gasteiger partial charge >= 0.3 is 6.03 Å². The fourth-order valence-electron chi connectivity index (χ4n) is 1.36. The van der Waals surface area contributed by atoms with Crippen LogP contribution >= 0.6 is 0 Å². The van der Waals surface area contributed by atoms with Gasteiger partial charge in [0.05, 0.1) is 0 Å². The lowest BCUT2D eigenvalue weighted by Crippen LogP contribution is -2.49. The minimum absolute atomic E-state index is 0.190. The second kappa shape index (κ2) is 4.05. The minimum atomic E-state index is -0.535. The summed E-state index contributed by atoms with van der Waals surface area (Å²) in [7, 11) is 0. The molecule has 1 N–H and O–H groups in total. The van der Waals surface area contributed by atoms with Gasteiger partial charge in [-0.2, -0.15) is 0 Å². The van der Waals surface area contributed by atoms with Crippen LogP contribution in [0.3, 0.4) is 0 Å². The summed E-state index contributed by atoms with van der Waals surface area (Å²) in [6.07, 6.45) is 1.98. The molecule has 0 atom stereocenters. The first-order chi connectivity index (χ1) is 7.70. The molecule has 1 aliphatic heterocycles. The number of hydrogen-bond donors (Lipinski definition) is 1. The molecule has 2 rings (SSSR count). The minimum Gasteiger partial charge on any atom is -0.296 e. The maximum atomic E-state index is 11.5. The van der Waals surface area contributed by atoms with Crippen LogP contribution in [0.1, 0.15) is 16.9 Å². The number of hydrogen-bond acceptors (Lipinski definition) is 5. The Bertz CT molecular complexity index is 460. The van der Waals surface area contributed by atoms with Crippen LogP contribution in [-0.4, -0.2) is 34.7 Å². The Balaban J connectivity index is 2.26. The normalized spacial score (nSPS) is 15.9. The highest BCUT2D eigenvalue weighted by Gasteiger charge is 2.25. The fourth-order valence-corrected chi connectivity index (χ4v) is 1.36. The van der Waals surface area contributed by atoms with Crippen LogP contribution in [-0.2, 0) is 4.79 Å². The predicted molar refractivity (Wildman–Crippen MR) is 52.9 cm³/mol. The molecule has 1 aliphatic rings. The molecule has 82 valence electrons. The SMILES string of the molecule is O=Cc1cc(N2CCC(=O)NC2=O)ncn1. The number of anilines is 1. The third kappa shape index (κ3) is 1.88. The van der Waals surface area contributed by atoms with Crippen molar-refractivity contribution in [1.82, 2.24) is 15.3 Å². The number of rotatable bonds is 2. The van der Waals surface area contributed by atoms with E-state index in [0.29, 0.717) is 12.1 Å². The lowest BCUT2D eigenvalue weighted by atomic mass is 10.3. The third-order valence-electron chi connectivity index (χ3n) is 2.13. The topological polar surface area (TPSA) is 92.3 Å². The number of nitrogens with zero attached hydrogens (tertiary/aromatic N) is 3. The Kier molecular flexibility index (Phi) is 2.59. The molecule has 0 unspecified atom stereocenters. The summed E-state index contributed by atoms with van der Waals surface area (Å²) in [4.78, 5) is 41.7. The largest absolute Gasteiger partial charge is 0.329 e. The summed E-state index contributed by atoms with van der Waals surface area (Å²) in [5.41, 5.74) is 0.190. The van der Waals surface area contributed by atoms with E-state index in [0.717, 1.165) is 0 Å². The van der Waals surface area contributed by atoms with Crippen molar-refractivity contribution < 1.29 is 14.4 Å². The van der Waals surface area contributed by atoms with Crippen molar-refractivity contribution in [2.45, 2.75) is 6.42 Å². The molecule has 1 aromatic rings. The molecule has 1 saturated heterocycles. The van der Waals surface area contributed by atoms with Crippen LogP contribution in [0.15, 0.2) is 12.4 Å². The molecular formula is C9H8N4O3. The van der Waals surface area contributed by atoms with E-state index in [2.05, 4.69) is 15.3 Å². The molecule has 1 aromatic heterocycles. The molecule has 0 saturated carbocycles. The number of carbonyl (C=O) groups is 3. The van der Waals surface area contributed by atoms with Gasteiger partial charge in [-0.15, -0.1) is 0 Å². The van der Waals surface area contributed by atoms with E-state index >= 15 is 0 Å². The molecule has 0 bridgehead atoms. The lowest BCUT2D eigenvalue weighted by molar-refractivity contribution is -0.120. The highest BCUT2D eigenvalue weighted by Crippen LogP contribution is 2.13. The van der Waals surface area contributed by atoms with Crippen molar-refractivity contribution in [3.05, 3.63) is 18.1 Å². The van der Waals surface area contributed by atoms with Gasteiger partial charge in [-0.1, -0.05) is 0 Å². The summed E-state index contributed by atoms with van der Waals surface area (Å²) in [6, 6.07) is 0.856. The first kappa shape index (κ1) is 10.2. The number of amides is 3. The molecule has 0 radical (unpaired) electrons. The van der Waals surface area contributed by atoms with E-state index < -0.39 is 6.03 Å². The van der Waals surface area contributed by atoms with Gasteiger partial charge in [-0.25, -0.2) is 14.8 Å². The molecule has 3 amide bonds. The Morgan fingerprint density at radius 2 is 2.19 bits per heavy atom. The van der Waals surface area contributed by atoms with Crippen LogP contribution < -0.4 is 10.2 Å². The predicted octanol–water partition coefficient (Wildman–Crippen LogP) is -0.265. The first-order valence-electron chi connectivity index (χ1n) is 4.59. The lowest BCUT2D eigenvalue weighted by Gasteiger charge is -2.25. The third-order valence-corrected chi connectivity index (χ3v) is 2.13. The van der Waals surface area contributed by atoms with Crippen molar-refractivity contribution in [2.75, 3.05) is 11.4 Å². The van der Waals surface area contributed by atoms with Gasteiger partial charge in [0.1, 0.15) is 17.8 Å². The van der Waals surface area contributed by atoms with Crippen LogP contribution in [0.4, 0.5) is 10.6 Å². The van der Waals surface area contributed by atoms with Gasteiger partial charge in [0.25, 0.3) is 0 Å². The average molecular weight is 220 g/mol. The molecule has 7 nitrogen and oxygen atoms in total. The van der Waals surface area contributed by atoms with E-state index in [1.165, 1.54) is 17.3 Å². The summed E-state index contributed by atoms with van der Waals surface area (Å²) in [6.45, 7) is 0.250. The van der Waals surface area contributed by atoms with E-state index in [9.17, 15) is 14.4 Å². The molecule has 1 fully saturated rings. The van der Waals surface area contributed by atoms with E-state index in [1.54, 1.807) is 0 Å². The molecular weight excluding hydrogens is 212 g/mol. The summed E-state index contributed by atoms with van der Waals surface area (Å²) in [5.74, 6) is -0.00647. The highest BCUT2D eigenvalue weighted by atomic mass is 16.2. The molecule has 7 heteroatoms. The van der Waals surface area contributed by atoms with Crippen molar-refractivity contribution >= 4 is 24.0 Å². The van der Waals surface area contributed by atoms with Crippen molar-refractivity contribution in [3.8, 4) is 0 Å². The second-order valence-corrected chi connectivity index (χ2v) is 3.17. The van der Waals surface area contributed by atoms with Gasteiger partial charge < -0.3 is 0 Å². The van der Waals surface area contributed by atoms with E-state index in [1.807, 2.05) is 0 Å². The Hall–Kier alpha value is -2.31. The fraction of sp³-hybridized carbons (Fsp3) is 0.222. The summed E-state index contributed by atoms with van der Waals surface area (Å²) in [5, 5.41) is 2.16. The number of carbonyl (C=O) groups excluding carboxylic acids is 3. The average Bonchev–Trinajstić information content (AvgIpc) is 2.29. The zero-order chi connectivity index (χ0) is 11.5. The van der Waals surface area contributed by atoms with Gasteiger partial charge in [0, 0.05) is 19.0 Å². The molecule has 16 heavy (non-hydrogen) atoms. The second-order valence-electron chi connectivity index (χ2n) is 3.17. The Morgan fingerprint density at radius 3 is 2.88 bits per heavy atom. The summed E-state index contributed by atoms with van der Waals surface area (Å²) >= 11 is 0. The number of nitrogens with one attached hydrogen (secondary N) is 1. The monoisotopic (exact) mass is 220 g/mol. The van der Waals surface area contributed by atoms with Crippen LogP contribution in [0.25, 0.3) is 0 Å². The Morgan fingerprint density at radius 1 is 1.38 bits per heavy atom. The zero-order valence-corrected chi connectivity index (χ0v) is 8.21. The van der Waals surface area contributed by atoms with Gasteiger partial charge in [-0.3, -0.25) is 19.8 Å². The van der Waals surface area contributed by atoms with Gasteiger partial charge in [-0.05, 0) is 0 Å². The number of aromatic nitrogens is 2. The summed E-state index contributed by atoms with van der Waals surface area (Å²) < 4.78 is 0. The van der Waals surface area contributed by atoms with E-state index in [4.69, 9.17) is 0 Å². The quantitative estimate of drug-likeness (QED) is 0.693. The Labute approximate surface area is 90.5 Å². The number of urea groups is 1. The smallest absolute Gasteiger partial charge is 0.296 e. The number of imide groups is 1. The van der Waals surface area contributed by atoms with Crippen LogP contribution in [0.5, 0.6) is 0 Å². The molecule has 0 spiro atoms. The van der Waals surface area contributed by atoms with Crippen molar-refractivity contribution in [1.29, 1.82) is 0 Å². The standard InChI is InChI=1S/C9H8N4O3/c14-4-6-3-7(11-5-10-6)13-2-1-8(15)12-9(13)16/h3-5H,1-2H2,(H,12,15,16). The first-order valence-corrected chi connectivity index (χ1v) is 4.59. The van der Waals surface area contributed by atoms with Gasteiger partial charge in [0.15, 0.2) is 6.29 Å². The maximum absolute atomic E-state index is 11.5. The maximum Gasteiger partial charge on any atom is 0.329 e. The highest BCUT2D eigenvalue weighted by molar-refractivity contribution is 6.05. The molecule has 0 aromatic carbocycles. The molecule has 2 heterocycles. The van der Waals surface area contributed by atoms with Crippen molar-refractivity contribution in [2.24, 2.45) is 0 Å². The van der Waals surface area contributed by atoms with E-state index in [-0.39, 0.29) is 24.6 Å². The zero-order valence-electron chi connectivity index (χ0n) is 8.21. The molecule has 0 aliphatic carbocycles. The number of aldehydes is 1. The van der Waals surface area contributed by atoms with Crippen LogP contribution in [0, 0.1) is 0 Å².